The minimum Gasteiger partial charge on any atom is -0.483 e. The average molecular weight is 351 g/mol. The van der Waals surface area contributed by atoms with Gasteiger partial charge in [-0.15, -0.1) is 0 Å². The Hall–Kier alpha value is -1.12. The van der Waals surface area contributed by atoms with Crippen LogP contribution in [0.1, 0.15) is 13.8 Å². The van der Waals surface area contributed by atoms with E-state index < -0.39 is 10.0 Å². The maximum absolute atomic E-state index is 11.4. The molecule has 0 saturated carbocycles. The number of carbonyl (C=O) groups excluding carboxylic acids is 1. The highest BCUT2D eigenvalue weighted by atomic mass is 79.9. The molecule has 106 valence electrons. The van der Waals surface area contributed by atoms with E-state index in [4.69, 9.17) is 9.88 Å². The molecule has 0 aromatic heterocycles. The van der Waals surface area contributed by atoms with Crippen LogP contribution in [0.4, 0.5) is 0 Å². The minimum absolute atomic E-state index is 0.0293. The van der Waals surface area contributed by atoms with Crippen molar-refractivity contribution in [1.82, 2.24) is 5.32 Å². The lowest BCUT2D eigenvalue weighted by molar-refractivity contribution is -0.123. The third-order valence-electron chi connectivity index (χ3n) is 2.04. The van der Waals surface area contributed by atoms with Gasteiger partial charge in [-0.05, 0) is 48.0 Å². The summed E-state index contributed by atoms with van der Waals surface area (Å²) in [4.78, 5) is 11.4. The molecule has 1 amide bonds. The standard InChI is InChI=1S/C11H15BrN2O4S/c1-7(2)14-11(15)6-18-10-4-3-8(5-9(10)12)19(13,16)17/h3-5,7H,6H2,1-2H3,(H,14,15)(H2,13,16,17). The number of rotatable bonds is 5. The van der Waals surface area contributed by atoms with Crippen LogP contribution in [-0.2, 0) is 14.8 Å². The van der Waals surface area contributed by atoms with Crippen molar-refractivity contribution < 1.29 is 17.9 Å². The van der Waals surface area contributed by atoms with Crippen molar-refractivity contribution in [3.8, 4) is 5.75 Å². The zero-order valence-electron chi connectivity index (χ0n) is 10.5. The van der Waals surface area contributed by atoms with Crippen molar-refractivity contribution in [2.24, 2.45) is 5.14 Å². The van der Waals surface area contributed by atoms with Gasteiger partial charge in [-0.25, -0.2) is 13.6 Å². The van der Waals surface area contributed by atoms with Gasteiger partial charge in [0.05, 0.1) is 9.37 Å². The average Bonchev–Trinajstić information content (AvgIpc) is 2.25. The summed E-state index contributed by atoms with van der Waals surface area (Å²) in [6.45, 7) is 3.54. The van der Waals surface area contributed by atoms with Crippen LogP contribution in [0.3, 0.4) is 0 Å². The third-order valence-corrected chi connectivity index (χ3v) is 3.57. The monoisotopic (exact) mass is 350 g/mol. The molecule has 0 spiro atoms. The molecule has 8 heteroatoms. The van der Waals surface area contributed by atoms with E-state index in [0.717, 1.165) is 0 Å². The molecule has 0 unspecified atom stereocenters. The van der Waals surface area contributed by atoms with Crippen molar-refractivity contribution in [2.45, 2.75) is 24.8 Å². The van der Waals surface area contributed by atoms with Gasteiger partial charge in [-0.3, -0.25) is 4.79 Å². The highest BCUT2D eigenvalue weighted by Crippen LogP contribution is 2.27. The van der Waals surface area contributed by atoms with Crippen LogP contribution in [0.5, 0.6) is 5.75 Å². The van der Waals surface area contributed by atoms with Crippen LogP contribution in [-0.4, -0.2) is 27.0 Å². The lowest BCUT2D eigenvalue weighted by atomic mass is 10.3. The van der Waals surface area contributed by atoms with Crippen molar-refractivity contribution >= 4 is 31.9 Å². The highest BCUT2D eigenvalue weighted by molar-refractivity contribution is 9.10. The Morgan fingerprint density at radius 3 is 2.58 bits per heavy atom. The first-order chi connectivity index (χ1) is 8.70. The van der Waals surface area contributed by atoms with Gasteiger partial charge in [-0.2, -0.15) is 0 Å². The fourth-order valence-electron chi connectivity index (χ4n) is 1.28. The summed E-state index contributed by atoms with van der Waals surface area (Å²) in [6.07, 6.45) is 0. The quantitative estimate of drug-likeness (QED) is 0.827. The molecule has 0 atom stereocenters. The summed E-state index contributed by atoms with van der Waals surface area (Å²) in [5.74, 6) is 0.115. The van der Waals surface area contributed by atoms with E-state index in [1.54, 1.807) is 0 Å². The van der Waals surface area contributed by atoms with Crippen LogP contribution in [0.15, 0.2) is 27.6 Å². The predicted octanol–water partition coefficient (Wildman–Crippen LogP) is 1.000. The smallest absolute Gasteiger partial charge is 0.258 e. The second kappa shape index (κ2) is 6.36. The zero-order valence-corrected chi connectivity index (χ0v) is 12.9. The summed E-state index contributed by atoms with van der Waals surface area (Å²) >= 11 is 3.16. The molecule has 0 heterocycles. The molecule has 1 rings (SSSR count). The highest BCUT2D eigenvalue weighted by Gasteiger charge is 2.12. The van der Waals surface area contributed by atoms with Gasteiger partial charge in [0.1, 0.15) is 5.75 Å². The van der Waals surface area contributed by atoms with E-state index >= 15 is 0 Å². The molecule has 0 bridgehead atoms. The number of hydrogen-bond donors (Lipinski definition) is 2. The second-order valence-electron chi connectivity index (χ2n) is 4.15. The number of hydrogen-bond acceptors (Lipinski definition) is 4. The Kier molecular flexibility index (Phi) is 5.33. The third kappa shape index (κ3) is 5.17. The molecule has 1 aromatic rings. The van der Waals surface area contributed by atoms with E-state index in [1.165, 1.54) is 18.2 Å². The molecule has 0 aliphatic carbocycles. The zero-order chi connectivity index (χ0) is 14.6. The fourth-order valence-corrected chi connectivity index (χ4v) is 2.47. The number of sulfonamides is 1. The van der Waals surface area contributed by atoms with E-state index in [0.29, 0.717) is 10.2 Å². The molecular formula is C11H15BrN2O4S. The Labute approximate surface area is 120 Å². The Morgan fingerprint density at radius 1 is 1.47 bits per heavy atom. The summed E-state index contributed by atoms with van der Waals surface area (Å²) in [7, 11) is -3.75. The largest absolute Gasteiger partial charge is 0.483 e. The number of carbonyl (C=O) groups is 1. The Morgan fingerprint density at radius 2 is 2.11 bits per heavy atom. The number of primary sulfonamides is 1. The van der Waals surface area contributed by atoms with Gasteiger partial charge in [0, 0.05) is 6.04 Å². The summed E-state index contributed by atoms with van der Waals surface area (Å²) in [6, 6.07) is 4.11. The summed E-state index contributed by atoms with van der Waals surface area (Å²) in [5, 5.41) is 7.67. The van der Waals surface area contributed by atoms with Crippen molar-refractivity contribution in [3.63, 3.8) is 0 Å². The normalized spacial score (nSPS) is 11.4. The minimum atomic E-state index is -3.75. The van der Waals surface area contributed by atoms with Gasteiger partial charge in [0.15, 0.2) is 6.61 Å². The first-order valence-corrected chi connectivity index (χ1v) is 7.78. The van der Waals surface area contributed by atoms with E-state index in [1.807, 2.05) is 13.8 Å². The Bertz CT molecular complexity index is 572. The Balaban J connectivity index is 2.74. The molecule has 3 N–H and O–H groups in total. The molecule has 0 saturated heterocycles. The van der Waals surface area contributed by atoms with Crippen LogP contribution in [0.25, 0.3) is 0 Å². The molecule has 1 aromatic carbocycles. The number of ether oxygens (including phenoxy) is 1. The number of amides is 1. The first kappa shape index (κ1) is 15.9. The second-order valence-corrected chi connectivity index (χ2v) is 6.56. The van der Waals surface area contributed by atoms with E-state index in [2.05, 4.69) is 21.2 Å². The topological polar surface area (TPSA) is 98.5 Å². The van der Waals surface area contributed by atoms with Gasteiger partial charge >= 0.3 is 0 Å². The van der Waals surface area contributed by atoms with Gasteiger partial charge in [-0.1, -0.05) is 0 Å². The van der Waals surface area contributed by atoms with Crippen LogP contribution in [0, 0.1) is 0 Å². The summed E-state index contributed by atoms with van der Waals surface area (Å²) < 4.78 is 28.0. The SMILES string of the molecule is CC(C)NC(=O)COc1ccc(S(N)(=O)=O)cc1Br. The van der Waals surface area contributed by atoms with Crippen molar-refractivity contribution in [3.05, 3.63) is 22.7 Å². The number of nitrogens with one attached hydrogen (secondary N) is 1. The number of nitrogens with two attached hydrogens (primary N) is 1. The maximum Gasteiger partial charge on any atom is 0.258 e. The lowest BCUT2D eigenvalue weighted by Gasteiger charge is -2.11. The molecule has 0 fully saturated rings. The fraction of sp³-hybridized carbons (Fsp3) is 0.364. The maximum atomic E-state index is 11.4. The number of halogens is 1. The van der Waals surface area contributed by atoms with E-state index in [-0.39, 0.29) is 23.5 Å². The molecule has 0 aliphatic heterocycles. The van der Waals surface area contributed by atoms with Gasteiger partial charge in [0.25, 0.3) is 5.91 Å². The van der Waals surface area contributed by atoms with Crippen LogP contribution in [0.2, 0.25) is 0 Å². The van der Waals surface area contributed by atoms with Crippen LogP contribution < -0.4 is 15.2 Å². The lowest BCUT2D eigenvalue weighted by Crippen LogP contribution is -2.34. The van der Waals surface area contributed by atoms with Crippen LogP contribution >= 0.6 is 15.9 Å². The van der Waals surface area contributed by atoms with Gasteiger partial charge < -0.3 is 10.1 Å². The van der Waals surface area contributed by atoms with E-state index in [9.17, 15) is 13.2 Å². The number of benzene rings is 1. The molecule has 19 heavy (non-hydrogen) atoms. The molecule has 6 nitrogen and oxygen atoms in total. The summed E-state index contributed by atoms with van der Waals surface area (Å²) in [5.41, 5.74) is 0. The van der Waals surface area contributed by atoms with Crippen molar-refractivity contribution in [1.29, 1.82) is 0 Å². The molecular weight excluding hydrogens is 336 g/mol. The molecule has 0 radical (unpaired) electrons. The first-order valence-electron chi connectivity index (χ1n) is 5.44. The molecule has 0 aliphatic rings. The van der Waals surface area contributed by atoms with Gasteiger partial charge in [0.2, 0.25) is 10.0 Å². The van der Waals surface area contributed by atoms with Crippen molar-refractivity contribution in [2.75, 3.05) is 6.61 Å². The predicted molar refractivity (Wildman–Crippen MR) is 74.3 cm³/mol.